The number of pyridine rings is 1. The molecule has 0 saturated carbocycles. The van der Waals surface area contributed by atoms with E-state index < -0.39 is 0 Å². The van der Waals surface area contributed by atoms with Crippen LogP contribution in [0.4, 0.5) is 16.4 Å². The number of carbonyl (C=O) groups excluding carboxylic acids is 1. The predicted octanol–water partition coefficient (Wildman–Crippen LogP) is 5.17. The minimum atomic E-state index is -0.382. The second-order valence-corrected chi connectivity index (χ2v) is 8.15. The molecule has 4 heterocycles. The fourth-order valence-corrected chi connectivity index (χ4v) is 4.26. The Morgan fingerprint density at radius 2 is 1.65 bits per heavy atom. The molecule has 0 fully saturated rings. The number of urea groups is 1. The zero-order valence-electron chi connectivity index (χ0n) is 18.5. The highest BCUT2D eigenvalue weighted by Gasteiger charge is 2.26. The van der Waals surface area contributed by atoms with Crippen LogP contribution in [0.2, 0.25) is 0 Å². The Kier molecular flexibility index (Phi) is 4.85. The lowest BCUT2D eigenvalue weighted by molar-refractivity contribution is 0.131. The van der Waals surface area contributed by atoms with Gasteiger partial charge in [-0.25, -0.2) is 14.5 Å². The number of hydrogen-bond donors (Lipinski definition) is 2. The van der Waals surface area contributed by atoms with Crippen molar-refractivity contribution in [1.29, 1.82) is 0 Å². The zero-order valence-corrected chi connectivity index (χ0v) is 18.5. The summed E-state index contributed by atoms with van der Waals surface area (Å²) >= 11 is 0. The van der Waals surface area contributed by atoms with Gasteiger partial charge in [0.15, 0.2) is 0 Å². The van der Waals surface area contributed by atoms with Gasteiger partial charge in [-0.1, -0.05) is 54.6 Å². The summed E-state index contributed by atoms with van der Waals surface area (Å²) in [6.07, 6.45) is 1.90. The molecule has 8 heteroatoms. The van der Waals surface area contributed by atoms with Crippen LogP contribution in [0.25, 0.3) is 22.6 Å². The van der Waals surface area contributed by atoms with Crippen molar-refractivity contribution < 1.29 is 9.53 Å². The van der Waals surface area contributed by atoms with Gasteiger partial charge in [0.05, 0.1) is 24.6 Å². The second-order valence-electron chi connectivity index (χ2n) is 8.15. The van der Waals surface area contributed by atoms with Crippen LogP contribution in [0.3, 0.4) is 0 Å². The minimum absolute atomic E-state index is 0.382. The summed E-state index contributed by atoms with van der Waals surface area (Å²) in [4.78, 5) is 18.2. The van der Waals surface area contributed by atoms with Crippen molar-refractivity contribution in [1.82, 2.24) is 19.2 Å². The van der Waals surface area contributed by atoms with E-state index in [2.05, 4.69) is 15.7 Å². The van der Waals surface area contributed by atoms with Crippen LogP contribution in [0, 0.1) is 6.92 Å². The Hall–Kier alpha value is -4.43. The van der Waals surface area contributed by atoms with E-state index in [4.69, 9.17) is 9.72 Å². The van der Waals surface area contributed by atoms with Crippen molar-refractivity contribution in [2.75, 3.05) is 10.6 Å². The lowest BCUT2D eigenvalue weighted by atomic mass is 10.1. The molecular formula is C26H22N6O2. The third-order valence-corrected chi connectivity index (χ3v) is 5.91. The summed E-state index contributed by atoms with van der Waals surface area (Å²) in [6.45, 7) is 2.83. The Morgan fingerprint density at radius 3 is 2.44 bits per heavy atom. The fraction of sp³-hybridized carbons (Fsp3) is 0.115. The topological polar surface area (TPSA) is 85.5 Å². The van der Waals surface area contributed by atoms with Gasteiger partial charge in [0, 0.05) is 17.3 Å². The minimum Gasteiger partial charge on any atom is -0.370 e. The first-order chi connectivity index (χ1) is 16.7. The van der Waals surface area contributed by atoms with Crippen LogP contribution in [0.1, 0.15) is 16.8 Å². The van der Waals surface area contributed by atoms with Crippen LogP contribution in [0.15, 0.2) is 79.0 Å². The van der Waals surface area contributed by atoms with Gasteiger partial charge in [0.25, 0.3) is 0 Å². The number of rotatable bonds is 4. The molecular weight excluding hydrogens is 428 g/mol. The number of anilines is 2. The van der Waals surface area contributed by atoms with Crippen LogP contribution in [-0.2, 0) is 18.0 Å². The number of fused-ring (bicyclic) bond motifs is 2. The molecule has 0 spiro atoms. The molecule has 0 bridgehead atoms. The monoisotopic (exact) mass is 450 g/mol. The first-order valence-corrected chi connectivity index (χ1v) is 11.0. The van der Waals surface area contributed by atoms with Crippen LogP contribution < -0.4 is 10.6 Å². The molecule has 0 radical (unpaired) electrons. The quantitative estimate of drug-likeness (QED) is 0.396. The van der Waals surface area contributed by atoms with E-state index in [1.54, 1.807) is 4.68 Å². The third-order valence-electron chi connectivity index (χ3n) is 5.91. The Morgan fingerprint density at radius 1 is 0.912 bits per heavy atom. The third kappa shape index (κ3) is 3.41. The molecule has 0 unspecified atom stereocenters. The molecule has 3 aromatic heterocycles. The molecule has 2 aromatic carbocycles. The number of imidazole rings is 1. The predicted molar refractivity (Wildman–Crippen MR) is 130 cm³/mol. The summed E-state index contributed by atoms with van der Waals surface area (Å²) in [5.41, 5.74) is 6.01. The highest BCUT2D eigenvalue weighted by Crippen LogP contribution is 2.32. The van der Waals surface area contributed by atoms with Crippen molar-refractivity contribution >= 4 is 23.3 Å². The molecule has 0 aliphatic carbocycles. The number of carbonyl (C=O) groups is 1. The largest absolute Gasteiger partial charge is 0.370 e. The maximum absolute atomic E-state index is 13.3. The van der Waals surface area contributed by atoms with Crippen molar-refractivity contribution in [3.8, 4) is 16.9 Å². The number of amides is 2. The van der Waals surface area contributed by atoms with E-state index in [1.165, 1.54) is 0 Å². The maximum Gasteiger partial charge on any atom is 0.326 e. The van der Waals surface area contributed by atoms with E-state index in [0.29, 0.717) is 30.5 Å². The maximum atomic E-state index is 13.3. The highest BCUT2D eigenvalue weighted by atomic mass is 16.5. The summed E-state index contributed by atoms with van der Waals surface area (Å²) in [5.74, 6) is 1.20. The summed E-state index contributed by atoms with van der Waals surface area (Å²) in [7, 11) is 0. The van der Waals surface area contributed by atoms with Crippen molar-refractivity contribution in [2.24, 2.45) is 0 Å². The smallest absolute Gasteiger partial charge is 0.326 e. The van der Waals surface area contributed by atoms with Gasteiger partial charge >= 0.3 is 6.03 Å². The number of benzene rings is 2. The molecule has 5 aromatic rings. The highest BCUT2D eigenvalue weighted by molar-refractivity contribution is 6.02. The molecule has 34 heavy (non-hydrogen) atoms. The van der Waals surface area contributed by atoms with Crippen LogP contribution >= 0.6 is 0 Å². The number of nitrogens with one attached hydrogen (secondary N) is 2. The summed E-state index contributed by atoms with van der Waals surface area (Å²) < 4.78 is 9.22. The van der Waals surface area contributed by atoms with Crippen molar-refractivity contribution in [2.45, 2.75) is 20.1 Å². The Balaban J connectivity index is 1.39. The molecule has 1 aliphatic heterocycles. The van der Waals surface area contributed by atoms with Gasteiger partial charge in [-0.05, 0) is 30.7 Å². The average molecular weight is 451 g/mol. The number of hydrogen-bond acceptors (Lipinski definition) is 4. The normalized spacial score (nSPS) is 12.6. The first kappa shape index (κ1) is 20.2. The van der Waals surface area contributed by atoms with Gasteiger partial charge in [0.1, 0.15) is 23.0 Å². The number of aryl methyl sites for hydroxylation is 1. The zero-order chi connectivity index (χ0) is 23.1. The van der Waals surface area contributed by atoms with E-state index in [0.717, 1.165) is 33.7 Å². The summed E-state index contributed by atoms with van der Waals surface area (Å²) in [6, 6.07) is 23.1. The Labute approximate surface area is 195 Å². The molecule has 168 valence electrons. The van der Waals surface area contributed by atoms with Gasteiger partial charge in [-0.15, -0.1) is 0 Å². The van der Waals surface area contributed by atoms with Gasteiger partial charge in [-0.2, -0.15) is 5.10 Å². The van der Waals surface area contributed by atoms with E-state index in [-0.39, 0.29) is 6.03 Å². The molecule has 8 nitrogen and oxygen atoms in total. The SMILES string of the molecule is Cc1cccn2c(NC(=O)Nc3c4c(nn3-c3ccccc3)COC4)c(-c3ccccc3)nc12. The number of para-hydroxylation sites is 1. The first-order valence-electron chi connectivity index (χ1n) is 11.0. The molecule has 6 rings (SSSR count). The van der Waals surface area contributed by atoms with E-state index in [1.807, 2.05) is 90.3 Å². The van der Waals surface area contributed by atoms with Crippen LogP contribution in [-0.4, -0.2) is 25.2 Å². The Bertz CT molecular complexity index is 1510. The van der Waals surface area contributed by atoms with Gasteiger partial charge in [-0.3, -0.25) is 15.0 Å². The van der Waals surface area contributed by atoms with Crippen molar-refractivity contribution in [3.05, 3.63) is 95.8 Å². The average Bonchev–Trinajstić information content (AvgIpc) is 3.56. The van der Waals surface area contributed by atoms with E-state index >= 15 is 0 Å². The van der Waals surface area contributed by atoms with Crippen LogP contribution in [0.5, 0.6) is 0 Å². The van der Waals surface area contributed by atoms with Gasteiger partial charge < -0.3 is 4.74 Å². The lowest BCUT2D eigenvalue weighted by Gasteiger charge is -2.13. The van der Waals surface area contributed by atoms with Gasteiger partial charge in [0.2, 0.25) is 0 Å². The van der Waals surface area contributed by atoms with E-state index in [9.17, 15) is 4.79 Å². The molecule has 0 saturated heterocycles. The number of nitrogens with zero attached hydrogens (tertiary/aromatic N) is 4. The number of ether oxygens (including phenoxy) is 1. The molecule has 0 atom stereocenters. The van der Waals surface area contributed by atoms with Crippen molar-refractivity contribution in [3.63, 3.8) is 0 Å². The fourth-order valence-electron chi connectivity index (χ4n) is 4.26. The molecule has 2 amide bonds. The summed E-state index contributed by atoms with van der Waals surface area (Å²) in [5, 5.41) is 10.7. The second kappa shape index (κ2) is 8.17. The molecule has 2 N–H and O–H groups in total. The lowest BCUT2D eigenvalue weighted by Crippen LogP contribution is -2.23. The standard InChI is InChI=1S/C26H22N6O2/c1-17-9-8-14-31-23(17)27-22(18-10-4-2-5-11-18)25(31)29-26(33)28-24-20-15-34-16-21(20)30-32(24)19-12-6-3-7-13-19/h2-14H,15-16H2,1H3,(H2,28,29,33). The molecule has 1 aliphatic rings. The number of aromatic nitrogens is 4.